The van der Waals surface area contributed by atoms with E-state index in [-0.39, 0.29) is 18.9 Å². The Bertz CT molecular complexity index is 1060. The van der Waals surface area contributed by atoms with Crippen molar-refractivity contribution in [3.63, 3.8) is 0 Å². The van der Waals surface area contributed by atoms with Crippen LogP contribution in [0.5, 0.6) is 0 Å². The molecule has 3 rings (SSSR count). The maximum Gasteiger partial charge on any atom is 0.407 e. The molecule has 0 bridgehead atoms. The fourth-order valence-electron chi connectivity index (χ4n) is 2.70. The average molecular weight is 430 g/mol. The number of ether oxygens (including phenoxy) is 1. The Balaban J connectivity index is 1.55. The number of carbonyl (C=O) groups is 1. The van der Waals surface area contributed by atoms with Gasteiger partial charge in [0.2, 0.25) is 10.0 Å². The standard InChI is InChI=1S/C20H23N5O4S/c1-15-22-19(24-23-15)18(17-10-6-3-7-11-17)25-30(27,28)13-12-21-20(26)29-14-16-8-4-2-5-9-16/h2-11,18,25H,12-14H2,1H3,(H,21,26)(H,22,23,24). The number of amides is 1. The number of sulfonamides is 1. The van der Waals surface area contributed by atoms with E-state index < -0.39 is 22.2 Å². The molecular formula is C20H23N5O4S. The number of hydrogen-bond donors (Lipinski definition) is 3. The summed E-state index contributed by atoms with van der Waals surface area (Å²) in [7, 11) is -3.74. The highest BCUT2D eigenvalue weighted by molar-refractivity contribution is 7.89. The van der Waals surface area contributed by atoms with Crippen molar-refractivity contribution in [1.29, 1.82) is 0 Å². The first kappa shape index (κ1) is 21.5. The van der Waals surface area contributed by atoms with Crippen LogP contribution in [0.4, 0.5) is 4.79 Å². The van der Waals surface area contributed by atoms with E-state index >= 15 is 0 Å². The van der Waals surface area contributed by atoms with Gasteiger partial charge in [0.15, 0.2) is 5.82 Å². The molecule has 0 saturated carbocycles. The molecule has 0 aliphatic carbocycles. The van der Waals surface area contributed by atoms with Crippen molar-refractivity contribution >= 4 is 16.1 Å². The van der Waals surface area contributed by atoms with Gasteiger partial charge in [-0.15, -0.1) is 0 Å². The lowest BCUT2D eigenvalue weighted by Gasteiger charge is -2.16. The van der Waals surface area contributed by atoms with Crippen LogP contribution in [0, 0.1) is 6.92 Å². The summed E-state index contributed by atoms with van der Waals surface area (Å²) in [6.07, 6.45) is -0.682. The number of hydrogen-bond acceptors (Lipinski definition) is 6. The van der Waals surface area contributed by atoms with Gasteiger partial charge in [0.05, 0.1) is 5.75 Å². The Morgan fingerprint density at radius 1 is 1.10 bits per heavy atom. The Morgan fingerprint density at radius 2 is 1.77 bits per heavy atom. The predicted molar refractivity (Wildman–Crippen MR) is 111 cm³/mol. The molecule has 0 aliphatic heterocycles. The van der Waals surface area contributed by atoms with Crippen LogP contribution >= 0.6 is 0 Å². The second-order valence-electron chi connectivity index (χ2n) is 6.55. The van der Waals surface area contributed by atoms with Crippen molar-refractivity contribution in [2.75, 3.05) is 12.3 Å². The van der Waals surface area contributed by atoms with Crippen molar-refractivity contribution in [2.45, 2.75) is 19.6 Å². The molecule has 30 heavy (non-hydrogen) atoms. The van der Waals surface area contributed by atoms with Crippen molar-refractivity contribution in [3.05, 3.63) is 83.4 Å². The van der Waals surface area contributed by atoms with Gasteiger partial charge in [0.1, 0.15) is 18.5 Å². The Hall–Kier alpha value is -3.24. The van der Waals surface area contributed by atoms with Gasteiger partial charge in [-0.1, -0.05) is 60.7 Å². The van der Waals surface area contributed by atoms with E-state index in [1.807, 2.05) is 36.4 Å². The summed E-state index contributed by atoms with van der Waals surface area (Å²) in [5.74, 6) is 0.575. The number of aromatic nitrogens is 3. The molecule has 1 amide bonds. The lowest BCUT2D eigenvalue weighted by atomic mass is 10.1. The van der Waals surface area contributed by atoms with Gasteiger partial charge in [0.25, 0.3) is 0 Å². The Morgan fingerprint density at radius 3 is 2.40 bits per heavy atom. The molecule has 158 valence electrons. The highest BCUT2D eigenvalue weighted by atomic mass is 32.2. The minimum absolute atomic E-state index is 0.0997. The molecule has 1 aromatic heterocycles. The zero-order valence-corrected chi connectivity index (χ0v) is 17.2. The summed E-state index contributed by atoms with van der Waals surface area (Å²) in [6, 6.07) is 17.5. The van der Waals surface area contributed by atoms with Gasteiger partial charge >= 0.3 is 6.09 Å². The summed E-state index contributed by atoms with van der Waals surface area (Å²) in [5.41, 5.74) is 1.55. The molecule has 0 radical (unpaired) electrons. The summed E-state index contributed by atoms with van der Waals surface area (Å²) in [5, 5.41) is 9.25. The van der Waals surface area contributed by atoms with Crippen LogP contribution in [0.3, 0.4) is 0 Å². The third kappa shape index (κ3) is 6.39. The van der Waals surface area contributed by atoms with E-state index in [2.05, 4.69) is 25.2 Å². The molecule has 3 N–H and O–H groups in total. The largest absolute Gasteiger partial charge is 0.445 e. The molecule has 1 atom stereocenters. The van der Waals surface area contributed by atoms with Gasteiger partial charge < -0.3 is 10.1 Å². The summed E-state index contributed by atoms with van der Waals surface area (Å²) in [4.78, 5) is 16.0. The number of alkyl carbamates (subject to hydrolysis) is 1. The predicted octanol–water partition coefficient (Wildman–Crippen LogP) is 2.05. The van der Waals surface area contributed by atoms with Gasteiger partial charge in [-0.2, -0.15) is 9.82 Å². The van der Waals surface area contributed by atoms with Gasteiger partial charge in [-0.05, 0) is 18.1 Å². The molecule has 3 aromatic rings. The Kier molecular flexibility index (Phi) is 7.15. The summed E-state index contributed by atoms with van der Waals surface area (Å²) < 4.78 is 32.9. The number of rotatable bonds is 9. The first-order valence-electron chi connectivity index (χ1n) is 9.31. The van der Waals surface area contributed by atoms with Crippen LogP contribution in [0.1, 0.15) is 28.8 Å². The van der Waals surface area contributed by atoms with Gasteiger partial charge in [-0.25, -0.2) is 18.2 Å². The molecule has 0 saturated heterocycles. The molecule has 10 heteroatoms. The van der Waals surface area contributed by atoms with Crippen molar-refractivity contribution in [3.8, 4) is 0 Å². The third-order valence-electron chi connectivity index (χ3n) is 4.16. The molecular weight excluding hydrogens is 406 g/mol. The number of nitrogens with zero attached hydrogens (tertiary/aromatic N) is 2. The smallest absolute Gasteiger partial charge is 0.407 e. The van der Waals surface area contributed by atoms with Crippen molar-refractivity contribution < 1.29 is 17.9 Å². The SMILES string of the molecule is Cc1nc(C(NS(=O)(=O)CCNC(=O)OCc2ccccc2)c2ccccc2)n[nH]1. The van der Waals surface area contributed by atoms with Crippen LogP contribution in [-0.4, -0.2) is 42.0 Å². The van der Waals surface area contributed by atoms with E-state index in [0.29, 0.717) is 17.2 Å². The molecule has 9 nitrogen and oxygen atoms in total. The number of benzene rings is 2. The minimum atomic E-state index is -3.74. The van der Waals surface area contributed by atoms with E-state index in [0.717, 1.165) is 5.56 Å². The second-order valence-corrected chi connectivity index (χ2v) is 8.42. The van der Waals surface area contributed by atoms with E-state index in [1.165, 1.54) is 0 Å². The fraction of sp³-hybridized carbons (Fsp3) is 0.250. The topological polar surface area (TPSA) is 126 Å². The van der Waals surface area contributed by atoms with Crippen molar-refractivity contribution in [2.24, 2.45) is 0 Å². The van der Waals surface area contributed by atoms with E-state index in [1.54, 1.807) is 31.2 Å². The molecule has 1 unspecified atom stereocenters. The van der Waals surface area contributed by atoms with Crippen LogP contribution in [0.2, 0.25) is 0 Å². The fourth-order valence-corrected chi connectivity index (χ4v) is 3.79. The normalized spacial score (nSPS) is 12.3. The number of aryl methyl sites for hydroxylation is 1. The molecule has 1 heterocycles. The maximum absolute atomic E-state index is 12.6. The van der Waals surface area contributed by atoms with Gasteiger partial charge in [-0.3, -0.25) is 5.10 Å². The minimum Gasteiger partial charge on any atom is -0.445 e. The number of nitrogens with one attached hydrogen (secondary N) is 3. The highest BCUT2D eigenvalue weighted by Crippen LogP contribution is 2.19. The van der Waals surface area contributed by atoms with E-state index in [9.17, 15) is 13.2 Å². The lowest BCUT2D eigenvalue weighted by Crippen LogP contribution is -2.37. The summed E-state index contributed by atoms with van der Waals surface area (Å²) >= 11 is 0. The first-order chi connectivity index (χ1) is 14.4. The van der Waals surface area contributed by atoms with Crippen LogP contribution in [-0.2, 0) is 21.4 Å². The third-order valence-corrected chi connectivity index (χ3v) is 5.49. The average Bonchev–Trinajstić information content (AvgIpc) is 3.18. The summed E-state index contributed by atoms with van der Waals surface area (Å²) in [6.45, 7) is 1.74. The second kappa shape index (κ2) is 9.99. The van der Waals surface area contributed by atoms with Crippen molar-refractivity contribution in [1.82, 2.24) is 25.2 Å². The lowest BCUT2D eigenvalue weighted by molar-refractivity contribution is 0.140. The van der Waals surface area contributed by atoms with Crippen LogP contribution < -0.4 is 10.0 Å². The number of aromatic amines is 1. The number of H-pyrrole nitrogens is 1. The Labute approximate surface area is 174 Å². The molecule has 0 fully saturated rings. The molecule has 0 spiro atoms. The highest BCUT2D eigenvalue weighted by Gasteiger charge is 2.24. The van der Waals surface area contributed by atoms with Crippen LogP contribution in [0.25, 0.3) is 0 Å². The zero-order chi connectivity index (χ0) is 21.4. The maximum atomic E-state index is 12.6. The van der Waals surface area contributed by atoms with E-state index in [4.69, 9.17) is 4.74 Å². The van der Waals surface area contributed by atoms with Gasteiger partial charge in [0, 0.05) is 6.54 Å². The first-order valence-corrected chi connectivity index (χ1v) is 11.0. The quantitative estimate of drug-likeness (QED) is 0.478. The van der Waals surface area contributed by atoms with Crippen LogP contribution in [0.15, 0.2) is 60.7 Å². The monoisotopic (exact) mass is 429 g/mol. The number of carbonyl (C=O) groups excluding carboxylic acids is 1. The molecule has 2 aromatic carbocycles. The zero-order valence-electron chi connectivity index (χ0n) is 16.4. The molecule has 0 aliphatic rings.